The van der Waals surface area contributed by atoms with E-state index in [0.29, 0.717) is 36.7 Å². The van der Waals surface area contributed by atoms with Gasteiger partial charge in [-0.3, -0.25) is 9.48 Å². The second-order valence-corrected chi connectivity index (χ2v) is 13.1. The molecule has 1 aliphatic carbocycles. The van der Waals surface area contributed by atoms with E-state index in [-0.39, 0.29) is 29.5 Å². The van der Waals surface area contributed by atoms with Crippen LogP contribution in [0.25, 0.3) is 0 Å². The summed E-state index contributed by atoms with van der Waals surface area (Å²) in [7, 11) is -3.22. The Labute approximate surface area is 220 Å². The smallest absolute Gasteiger partial charge is 0.222 e. The molecule has 1 aliphatic heterocycles. The Morgan fingerprint density at radius 2 is 1.68 bits per heavy atom. The van der Waals surface area contributed by atoms with Crippen molar-refractivity contribution in [2.45, 2.75) is 75.1 Å². The van der Waals surface area contributed by atoms with Gasteiger partial charge in [0, 0.05) is 49.0 Å². The van der Waals surface area contributed by atoms with Crippen molar-refractivity contribution in [1.29, 1.82) is 0 Å². The standard InChI is InChI=1S/C30H37N3O3S/c1-4-37(35,36)25-15-10-22(11-16-25)12-17-30(34)32-19-26(23-8-6-5-7-9-23)27(20-32)29-18-28(24-13-14-24)31-33(29)21(2)3/h5-11,15-16,18,21,24,26-27H,4,12-14,17,19-20H2,1-3H3/t26-,27+/m1/s1. The maximum absolute atomic E-state index is 13.4. The molecule has 2 aliphatic rings. The third-order valence-electron chi connectivity index (χ3n) is 7.84. The van der Waals surface area contributed by atoms with E-state index in [0.717, 1.165) is 5.56 Å². The van der Waals surface area contributed by atoms with Gasteiger partial charge in [0.05, 0.1) is 16.3 Å². The number of rotatable bonds is 9. The molecule has 2 heterocycles. The highest BCUT2D eigenvalue weighted by atomic mass is 32.2. The Morgan fingerprint density at radius 1 is 1.00 bits per heavy atom. The molecule has 1 saturated heterocycles. The highest BCUT2D eigenvalue weighted by Crippen LogP contribution is 2.44. The number of sulfone groups is 1. The van der Waals surface area contributed by atoms with Crippen LogP contribution in [0.2, 0.25) is 0 Å². The molecule has 0 spiro atoms. The highest BCUT2D eigenvalue weighted by molar-refractivity contribution is 7.91. The van der Waals surface area contributed by atoms with Crippen molar-refractivity contribution in [2.75, 3.05) is 18.8 Å². The fourth-order valence-corrected chi connectivity index (χ4v) is 6.37. The van der Waals surface area contributed by atoms with Crippen molar-refractivity contribution in [1.82, 2.24) is 14.7 Å². The van der Waals surface area contributed by atoms with Crippen LogP contribution in [-0.4, -0.2) is 47.8 Å². The number of hydrogen-bond acceptors (Lipinski definition) is 4. The molecule has 2 atom stereocenters. The van der Waals surface area contributed by atoms with Crippen LogP contribution in [0, 0.1) is 0 Å². The molecule has 0 radical (unpaired) electrons. The van der Waals surface area contributed by atoms with Crippen LogP contribution in [0.3, 0.4) is 0 Å². The third kappa shape index (κ3) is 5.52. The molecule has 5 rings (SSSR count). The summed E-state index contributed by atoms with van der Waals surface area (Å²) in [6, 6.07) is 20.1. The van der Waals surface area contributed by atoms with E-state index in [1.165, 1.54) is 29.8 Å². The van der Waals surface area contributed by atoms with Gasteiger partial charge in [0.15, 0.2) is 9.84 Å². The van der Waals surface area contributed by atoms with E-state index < -0.39 is 9.84 Å². The normalized spacial score (nSPS) is 20.1. The number of hydrogen-bond donors (Lipinski definition) is 0. The van der Waals surface area contributed by atoms with Gasteiger partial charge in [0.1, 0.15) is 0 Å². The molecule has 6 nitrogen and oxygen atoms in total. The lowest BCUT2D eigenvalue weighted by molar-refractivity contribution is -0.130. The highest BCUT2D eigenvalue weighted by Gasteiger charge is 2.40. The summed E-state index contributed by atoms with van der Waals surface area (Å²) in [6.07, 6.45) is 3.44. The predicted octanol–water partition coefficient (Wildman–Crippen LogP) is 5.48. The van der Waals surface area contributed by atoms with Crippen molar-refractivity contribution in [2.24, 2.45) is 0 Å². The Balaban J connectivity index is 1.34. The van der Waals surface area contributed by atoms with Gasteiger partial charge in [-0.2, -0.15) is 5.10 Å². The predicted molar refractivity (Wildman–Crippen MR) is 146 cm³/mol. The third-order valence-corrected chi connectivity index (χ3v) is 9.59. The molecular weight excluding hydrogens is 482 g/mol. The van der Waals surface area contributed by atoms with E-state index >= 15 is 0 Å². The second-order valence-electron chi connectivity index (χ2n) is 10.8. The van der Waals surface area contributed by atoms with E-state index in [4.69, 9.17) is 5.10 Å². The fraction of sp³-hybridized carbons (Fsp3) is 0.467. The maximum Gasteiger partial charge on any atom is 0.222 e. The zero-order chi connectivity index (χ0) is 26.2. The minimum Gasteiger partial charge on any atom is -0.341 e. The van der Waals surface area contributed by atoms with Gasteiger partial charge in [-0.15, -0.1) is 0 Å². The van der Waals surface area contributed by atoms with E-state index in [2.05, 4.69) is 48.9 Å². The number of aryl methyl sites for hydroxylation is 1. The Morgan fingerprint density at radius 3 is 2.30 bits per heavy atom. The molecule has 7 heteroatoms. The Kier molecular flexibility index (Phi) is 7.26. The van der Waals surface area contributed by atoms with Crippen LogP contribution in [0.1, 0.15) is 86.3 Å². The monoisotopic (exact) mass is 519 g/mol. The van der Waals surface area contributed by atoms with E-state index in [1.54, 1.807) is 19.1 Å². The molecule has 0 bridgehead atoms. The largest absolute Gasteiger partial charge is 0.341 e. The van der Waals surface area contributed by atoms with Crippen LogP contribution < -0.4 is 0 Å². The molecule has 0 N–H and O–H groups in total. The van der Waals surface area contributed by atoms with Crippen molar-refractivity contribution in [3.05, 3.63) is 83.2 Å². The Hall–Kier alpha value is -2.93. The van der Waals surface area contributed by atoms with Crippen LogP contribution in [0.5, 0.6) is 0 Å². The first-order valence-corrected chi connectivity index (χ1v) is 15.2. The van der Waals surface area contributed by atoms with Crippen LogP contribution in [0.4, 0.5) is 0 Å². The number of carbonyl (C=O) groups is 1. The number of likely N-dealkylation sites (tertiary alicyclic amines) is 1. The second kappa shape index (κ2) is 10.4. The summed E-state index contributed by atoms with van der Waals surface area (Å²) in [5.41, 5.74) is 4.69. The molecule has 1 saturated carbocycles. The van der Waals surface area contributed by atoms with Crippen LogP contribution in [0.15, 0.2) is 65.6 Å². The van der Waals surface area contributed by atoms with Gasteiger partial charge in [-0.05, 0) is 62.4 Å². The van der Waals surface area contributed by atoms with E-state index in [1.807, 2.05) is 23.1 Å². The van der Waals surface area contributed by atoms with Gasteiger partial charge < -0.3 is 4.90 Å². The first-order chi connectivity index (χ1) is 17.8. The fourth-order valence-electron chi connectivity index (χ4n) is 5.48. The molecule has 1 aromatic heterocycles. The summed E-state index contributed by atoms with van der Waals surface area (Å²) in [6.45, 7) is 7.39. The minimum absolute atomic E-state index is 0.0847. The zero-order valence-electron chi connectivity index (χ0n) is 22.0. The van der Waals surface area contributed by atoms with Crippen LogP contribution in [-0.2, 0) is 21.1 Å². The first kappa shape index (κ1) is 25.7. The summed E-state index contributed by atoms with van der Waals surface area (Å²) < 4.78 is 26.4. The quantitative estimate of drug-likeness (QED) is 0.375. The first-order valence-electron chi connectivity index (χ1n) is 13.5. The zero-order valence-corrected chi connectivity index (χ0v) is 22.8. The lowest BCUT2D eigenvalue weighted by Gasteiger charge is -2.21. The lowest BCUT2D eigenvalue weighted by atomic mass is 9.86. The average molecular weight is 520 g/mol. The Bertz CT molecular complexity index is 1340. The maximum atomic E-state index is 13.4. The van der Waals surface area contributed by atoms with Crippen molar-refractivity contribution in [3.63, 3.8) is 0 Å². The number of carbonyl (C=O) groups excluding carboxylic acids is 1. The summed E-state index contributed by atoms with van der Waals surface area (Å²) in [5.74, 6) is 1.25. The van der Waals surface area contributed by atoms with Gasteiger partial charge in [0.25, 0.3) is 0 Å². The number of benzene rings is 2. The molecule has 1 amide bonds. The summed E-state index contributed by atoms with van der Waals surface area (Å²) in [5, 5.41) is 4.99. The summed E-state index contributed by atoms with van der Waals surface area (Å²) in [4.78, 5) is 15.8. The summed E-state index contributed by atoms with van der Waals surface area (Å²) >= 11 is 0. The number of amides is 1. The molecule has 3 aromatic rings. The van der Waals surface area contributed by atoms with Gasteiger partial charge in [-0.1, -0.05) is 49.4 Å². The molecular formula is C30H37N3O3S. The molecule has 2 fully saturated rings. The molecule has 2 aromatic carbocycles. The van der Waals surface area contributed by atoms with Gasteiger partial charge >= 0.3 is 0 Å². The molecule has 196 valence electrons. The topological polar surface area (TPSA) is 72.3 Å². The van der Waals surface area contributed by atoms with Crippen LogP contribution >= 0.6 is 0 Å². The average Bonchev–Trinajstić information content (AvgIpc) is 3.50. The molecule has 0 unspecified atom stereocenters. The van der Waals surface area contributed by atoms with Gasteiger partial charge in [0.2, 0.25) is 5.91 Å². The van der Waals surface area contributed by atoms with E-state index in [9.17, 15) is 13.2 Å². The lowest BCUT2D eigenvalue weighted by Crippen LogP contribution is -2.29. The molecule has 37 heavy (non-hydrogen) atoms. The SMILES string of the molecule is CCS(=O)(=O)c1ccc(CCC(=O)N2C[C@H](c3ccccc3)[C@@H](c3cc(C4CC4)nn3C(C)C)C2)cc1. The van der Waals surface area contributed by atoms with Gasteiger partial charge in [-0.25, -0.2) is 8.42 Å². The van der Waals surface area contributed by atoms with Crippen molar-refractivity contribution in [3.8, 4) is 0 Å². The minimum atomic E-state index is -3.22. The number of nitrogens with zero attached hydrogens (tertiary/aromatic N) is 3. The number of aromatic nitrogens is 2. The van der Waals surface area contributed by atoms with Crippen molar-refractivity contribution >= 4 is 15.7 Å². The van der Waals surface area contributed by atoms with Crippen molar-refractivity contribution < 1.29 is 13.2 Å².